The number of carbonyl (C=O) groups excluding carboxylic acids is 1. The number of hydrogen-bond acceptors (Lipinski definition) is 5. The quantitative estimate of drug-likeness (QED) is 0.690. The van der Waals surface area contributed by atoms with Crippen LogP contribution in [0.4, 0.5) is 0 Å². The van der Waals surface area contributed by atoms with Crippen LogP contribution >= 0.6 is 11.3 Å². The maximum atomic E-state index is 12.0. The van der Waals surface area contributed by atoms with E-state index in [0.717, 1.165) is 16.3 Å². The normalized spacial score (nSPS) is 10.4. The highest BCUT2D eigenvalue weighted by molar-refractivity contribution is 7.10. The molecule has 0 bridgehead atoms. The molecule has 20 heavy (non-hydrogen) atoms. The summed E-state index contributed by atoms with van der Waals surface area (Å²) in [4.78, 5) is 24.4. The van der Waals surface area contributed by atoms with Crippen molar-refractivity contribution in [2.75, 3.05) is 0 Å². The molecule has 0 aliphatic rings. The number of benzene rings is 1. The molecule has 5 heteroatoms. The van der Waals surface area contributed by atoms with Gasteiger partial charge in [0, 0.05) is 23.3 Å². The van der Waals surface area contributed by atoms with Crippen LogP contribution in [0.25, 0.3) is 11.3 Å². The summed E-state index contributed by atoms with van der Waals surface area (Å²) in [6.07, 6.45) is 3.37. The molecule has 4 nitrogen and oxygen atoms in total. The van der Waals surface area contributed by atoms with E-state index < -0.39 is 0 Å². The number of hydrogen-bond donors (Lipinski definition) is 0. The molecule has 0 fully saturated rings. The number of thiazole rings is 1. The molecule has 0 spiro atoms. The van der Waals surface area contributed by atoms with Crippen molar-refractivity contribution in [2.24, 2.45) is 0 Å². The van der Waals surface area contributed by atoms with Crippen molar-refractivity contribution in [3.8, 4) is 11.3 Å². The lowest BCUT2D eigenvalue weighted by molar-refractivity contribution is 0.0983. The standard InChI is InChI=1S/C15H11N3OS/c19-13(15-16-7-4-8-17-15)9-14-18-12(10-20-14)11-5-2-1-3-6-11/h1-8,10H,9H2. The molecule has 3 rings (SSSR count). The molecule has 0 saturated carbocycles. The van der Waals surface area contributed by atoms with E-state index in [1.807, 2.05) is 35.7 Å². The first-order valence-electron chi connectivity index (χ1n) is 6.13. The molecule has 2 aromatic heterocycles. The summed E-state index contributed by atoms with van der Waals surface area (Å²) in [6, 6.07) is 11.6. The second kappa shape index (κ2) is 5.71. The van der Waals surface area contributed by atoms with Gasteiger partial charge in [0.05, 0.1) is 12.1 Å². The molecule has 1 aromatic carbocycles. The first-order valence-corrected chi connectivity index (χ1v) is 7.01. The fraction of sp³-hybridized carbons (Fsp3) is 0.0667. The summed E-state index contributed by atoms with van der Waals surface area (Å²) >= 11 is 1.48. The van der Waals surface area contributed by atoms with Crippen LogP contribution in [0.2, 0.25) is 0 Å². The number of nitrogens with zero attached hydrogens (tertiary/aromatic N) is 3. The number of ketones is 1. The SMILES string of the molecule is O=C(Cc1nc(-c2ccccc2)cs1)c1ncccn1. The lowest BCUT2D eigenvalue weighted by atomic mass is 10.2. The topological polar surface area (TPSA) is 55.7 Å². The van der Waals surface area contributed by atoms with Crippen LogP contribution in [0.3, 0.4) is 0 Å². The van der Waals surface area contributed by atoms with Gasteiger partial charge in [0.1, 0.15) is 5.01 Å². The Morgan fingerprint density at radius 1 is 1.05 bits per heavy atom. The number of aromatic nitrogens is 3. The summed E-state index contributed by atoms with van der Waals surface area (Å²) in [5.41, 5.74) is 1.95. The van der Waals surface area contributed by atoms with Crippen molar-refractivity contribution in [1.29, 1.82) is 0 Å². The lowest BCUT2D eigenvalue weighted by Crippen LogP contribution is -2.07. The van der Waals surface area contributed by atoms with Crippen LogP contribution in [-0.4, -0.2) is 20.7 Å². The molecule has 0 saturated heterocycles. The summed E-state index contributed by atoms with van der Waals surface area (Å²) in [5.74, 6) is 0.128. The average molecular weight is 281 g/mol. The Balaban J connectivity index is 1.77. The van der Waals surface area contributed by atoms with E-state index in [1.165, 1.54) is 11.3 Å². The first-order chi connectivity index (χ1) is 9.83. The fourth-order valence-corrected chi connectivity index (χ4v) is 2.60. The van der Waals surface area contributed by atoms with Gasteiger partial charge in [-0.2, -0.15) is 0 Å². The van der Waals surface area contributed by atoms with E-state index in [4.69, 9.17) is 0 Å². The van der Waals surface area contributed by atoms with Gasteiger partial charge in [0.2, 0.25) is 5.78 Å². The summed E-state index contributed by atoms with van der Waals surface area (Å²) in [7, 11) is 0. The molecule has 0 aliphatic heterocycles. The Kier molecular flexibility index (Phi) is 3.60. The Hall–Kier alpha value is -2.40. The molecule has 2 heterocycles. The fourth-order valence-electron chi connectivity index (χ4n) is 1.79. The van der Waals surface area contributed by atoms with Gasteiger partial charge in [-0.1, -0.05) is 30.3 Å². The van der Waals surface area contributed by atoms with Crippen LogP contribution in [0.15, 0.2) is 54.2 Å². The van der Waals surface area contributed by atoms with Gasteiger partial charge in [-0.3, -0.25) is 4.79 Å². The van der Waals surface area contributed by atoms with Crippen LogP contribution in [0.1, 0.15) is 15.6 Å². The van der Waals surface area contributed by atoms with E-state index in [9.17, 15) is 4.79 Å². The highest BCUT2D eigenvalue weighted by Crippen LogP contribution is 2.22. The minimum absolute atomic E-state index is 0.112. The molecular formula is C15H11N3OS. The predicted molar refractivity (Wildman–Crippen MR) is 77.6 cm³/mol. The summed E-state index contributed by atoms with van der Waals surface area (Å²) in [6.45, 7) is 0. The monoisotopic (exact) mass is 281 g/mol. The van der Waals surface area contributed by atoms with E-state index in [1.54, 1.807) is 18.5 Å². The van der Waals surface area contributed by atoms with Crippen molar-refractivity contribution in [3.05, 3.63) is 65.0 Å². The first kappa shape index (κ1) is 12.6. The average Bonchev–Trinajstić information content (AvgIpc) is 2.97. The van der Waals surface area contributed by atoms with Crippen LogP contribution in [-0.2, 0) is 6.42 Å². The van der Waals surface area contributed by atoms with Crippen molar-refractivity contribution in [3.63, 3.8) is 0 Å². The lowest BCUT2D eigenvalue weighted by Gasteiger charge is -1.96. The van der Waals surface area contributed by atoms with Crippen molar-refractivity contribution in [2.45, 2.75) is 6.42 Å². The highest BCUT2D eigenvalue weighted by Gasteiger charge is 2.12. The van der Waals surface area contributed by atoms with Crippen LogP contribution in [0.5, 0.6) is 0 Å². The predicted octanol–water partition coefficient (Wildman–Crippen LogP) is 3.03. The second-order valence-electron chi connectivity index (χ2n) is 4.16. The van der Waals surface area contributed by atoms with Gasteiger partial charge in [-0.15, -0.1) is 11.3 Å². The third kappa shape index (κ3) is 2.78. The zero-order valence-electron chi connectivity index (χ0n) is 10.6. The van der Waals surface area contributed by atoms with Crippen molar-refractivity contribution < 1.29 is 4.79 Å². The van der Waals surface area contributed by atoms with Gasteiger partial charge < -0.3 is 0 Å². The molecule has 3 aromatic rings. The van der Waals surface area contributed by atoms with Crippen molar-refractivity contribution in [1.82, 2.24) is 15.0 Å². The van der Waals surface area contributed by atoms with Crippen LogP contribution < -0.4 is 0 Å². The third-order valence-corrected chi connectivity index (χ3v) is 3.60. The maximum Gasteiger partial charge on any atom is 0.206 e. The molecule has 0 aliphatic carbocycles. The van der Waals surface area contributed by atoms with Gasteiger partial charge in [0.15, 0.2) is 5.82 Å². The largest absolute Gasteiger partial charge is 0.290 e. The highest BCUT2D eigenvalue weighted by atomic mass is 32.1. The summed E-state index contributed by atoms with van der Waals surface area (Å²) < 4.78 is 0. The molecular weight excluding hydrogens is 270 g/mol. The van der Waals surface area contributed by atoms with E-state index >= 15 is 0 Å². The zero-order valence-corrected chi connectivity index (χ0v) is 11.4. The third-order valence-electron chi connectivity index (χ3n) is 2.75. The van der Waals surface area contributed by atoms with Gasteiger partial charge in [-0.25, -0.2) is 15.0 Å². The zero-order chi connectivity index (χ0) is 13.8. The van der Waals surface area contributed by atoms with E-state index in [-0.39, 0.29) is 18.0 Å². The number of Topliss-reactive ketones (excluding diaryl/α,β-unsaturated/α-hetero) is 1. The molecule has 0 atom stereocenters. The Labute approximate surface area is 120 Å². The second-order valence-corrected chi connectivity index (χ2v) is 5.11. The Morgan fingerprint density at radius 2 is 1.80 bits per heavy atom. The molecule has 0 radical (unpaired) electrons. The maximum absolute atomic E-state index is 12.0. The Bertz CT molecular complexity index is 710. The van der Waals surface area contributed by atoms with Gasteiger partial charge >= 0.3 is 0 Å². The molecule has 0 N–H and O–H groups in total. The van der Waals surface area contributed by atoms with Crippen molar-refractivity contribution >= 4 is 17.1 Å². The molecule has 0 unspecified atom stereocenters. The molecule has 0 amide bonds. The smallest absolute Gasteiger partial charge is 0.206 e. The minimum atomic E-state index is -0.112. The summed E-state index contributed by atoms with van der Waals surface area (Å²) in [5, 5.41) is 2.74. The Morgan fingerprint density at radius 3 is 2.55 bits per heavy atom. The van der Waals surface area contributed by atoms with E-state index in [2.05, 4.69) is 15.0 Å². The van der Waals surface area contributed by atoms with Gasteiger partial charge in [0.25, 0.3) is 0 Å². The van der Waals surface area contributed by atoms with E-state index in [0.29, 0.717) is 0 Å². The molecule has 98 valence electrons. The van der Waals surface area contributed by atoms with Gasteiger partial charge in [-0.05, 0) is 6.07 Å². The number of rotatable bonds is 4. The minimum Gasteiger partial charge on any atom is -0.290 e. The number of carbonyl (C=O) groups is 1. The van der Waals surface area contributed by atoms with Crippen LogP contribution in [0, 0.1) is 0 Å².